The zero-order valence-electron chi connectivity index (χ0n) is 8.80. The second-order valence-electron chi connectivity index (χ2n) is 3.44. The second-order valence-corrected chi connectivity index (χ2v) is 3.44. The lowest BCUT2D eigenvalue weighted by Gasteiger charge is -2.10. The van der Waals surface area contributed by atoms with Gasteiger partial charge < -0.3 is 19.3 Å². The molecule has 0 radical (unpaired) electrons. The summed E-state index contributed by atoms with van der Waals surface area (Å²) in [6.07, 6.45) is 0.156. The Morgan fingerprint density at radius 1 is 1.56 bits per heavy atom. The van der Waals surface area contributed by atoms with Crippen LogP contribution in [0.5, 0.6) is 11.5 Å². The molecular weight excluding hydrogens is 212 g/mol. The van der Waals surface area contributed by atoms with Gasteiger partial charge in [-0.05, 0) is 18.2 Å². The molecule has 1 atom stereocenters. The Morgan fingerprint density at radius 3 is 2.88 bits per heavy atom. The summed E-state index contributed by atoms with van der Waals surface area (Å²) < 4.78 is 15.5. The molecular formula is C11H12O5. The third-order valence-electron chi connectivity index (χ3n) is 2.24. The summed E-state index contributed by atoms with van der Waals surface area (Å²) in [6.45, 7) is 1.18. The highest BCUT2D eigenvalue weighted by Crippen LogP contribution is 2.28. The van der Waals surface area contributed by atoms with Crippen molar-refractivity contribution >= 4 is 5.97 Å². The molecule has 1 aromatic carbocycles. The molecule has 86 valence electrons. The van der Waals surface area contributed by atoms with Crippen LogP contribution in [-0.2, 0) is 4.74 Å². The van der Waals surface area contributed by atoms with Crippen molar-refractivity contribution in [1.82, 2.24) is 0 Å². The van der Waals surface area contributed by atoms with Crippen LogP contribution in [0.25, 0.3) is 0 Å². The monoisotopic (exact) mass is 224 g/mol. The van der Waals surface area contributed by atoms with Gasteiger partial charge in [0.2, 0.25) is 0 Å². The molecule has 0 aromatic heterocycles. The minimum absolute atomic E-state index is 0.156. The van der Waals surface area contributed by atoms with Crippen LogP contribution in [0.3, 0.4) is 0 Å². The van der Waals surface area contributed by atoms with E-state index in [2.05, 4.69) is 0 Å². The number of ether oxygens (including phenoxy) is 3. The summed E-state index contributed by atoms with van der Waals surface area (Å²) in [7, 11) is 1.47. The number of epoxide rings is 1. The van der Waals surface area contributed by atoms with Crippen LogP contribution in [0.4, 0.5) is 0 Å². The Morgan fingerprint density at radius 2 is 2.31 bits per heavy atom. The molecule has 1 N–H and O–H groups in total. The fourth-order valence-corrected chi connectivity index (χ4v) is 1.27. The van der Waals surface area contributed by atoms with Crippen LogP contribution in [0.1, 0.15) is 10.4 Å². The van der Waals surface area contributed by atoms with Crippen LogP contribution in [0.2, 0.25) is 0 Å². The number of carboxylic acid groups (broad SMARTS) is 1. The molecule has 0 amide bonds. The van der Waals surface area contributed by atoms with Crippen molar-refractivity contribution in [1.29, 1.82) is 0 Å². The van der Waals surface area contributed by atoms with E-state index in [1.54, 1.807) is 6.07 Å². The molecule has 1 saturated heterocycles. The molecule has 1 unspecified atom stereocenters. The Bertz CT molecular complexity index is 397. The van der Waals surface area contributed by atoms with Gasteiger partial charge in [-0.1, -0.05) is 0 Å². The van der Waals surface area contributed by atoms with Gasteiger partial charge >= 0.3 is 5.97 Å². The molecule has 1 aromatic rings. The van der Waals surface area contributed by atoms with E-state index in [1.807, 2.05) is 0 Å². The van der Waals surface area contributed by atoms with Crippen molar-refractivity contribution in [2.45, 2.75) is 6.10 Å². The fourth-order valence-electron chi connectivity index (χ4n) is 1.27. The zero-order chi connectivity index (χ0) is 11.5. The molecule has 2 rings (SSSR count). The third kappa shape index (κ3) is 2.43. The highest BCUT2D eigenvalue weighted by Gasteiger charge is 2.23. The lowest BCUT2D eigenvalue weighted by molar-refractivity contribution is 0.0696. The van der Waals surface area contributed by atoms with Crippen molar-refractivity contribution in [3.8, 4) is 11.5 Å². The predicted octanol–water partition coefficient (Wildman–Crippen LogP) is 1.17. The third-order valence-corrected chi connectivity index (χ3v) is 2.24. The first kappa shape index (κ1) is 10.8. The first-order valence-electron chi connectivity index (χ1n) is 4.86. The molecule has 0 spiro atoms. The van der Waals surface area contributed by atoms with Gasteiger partial charge in [-0.3, -0.25) is 0 Å². The Kier molecular flexibility index (Phi) is 2.96. The number of rotatable bonds is 5. The summed E-state index contributed by atoms with van der Waals surface area (Å²) in [5.41, 5.74) is 0.173. The van der Waals surface area contributed by atoms with Crippen LogP contribution >= 0.6 is 0 Å². The maximum atomic E-state index is 10.7. The van der Waals surface area contributed by atoms with Crippen LogP contribution in [-0.4, -0.2) is 37.5 Å². The zero-order valence-corrected chi connectivity index (χ0v) is 8.80. The van der Waals surface area contributed by atoms with Crippen molar-refractivity contribution in [3.05, 3.63) is 23.8 Å². The quantitative estimate of drug-likeness (QED) is 0.760. The standard InChI is InChI=1S/C11H12O5/c1-14-10-4-7(11(12)13)2-3-9(10)16-6-8-5-15-8/h2-4,8H,5-6H2,1H3,(H,12,13). The molecule has 0 bridgehead atoms. The normalized spacial score (nSPS) is 17.9. The lowest BCUT2D eigenvalue weighted by atomic mass is 10.2. The van der Waals surface area contributed by atoms with Crippen LogP contribution < -0.4 is 9.47 Å². The van der Waals surface area contributed by atoms with E-state index >= 15 is 0 Å². The molecule has 1 aliphatic rings. The van der Waals surface area contributed by atoms with Gasteiger partial charge in [0.15, 0.2) is 11.5 Å². The Hall–Kier alpha value is -1.75. The number of hydrogen-bond donors (Lipinski definition) is 1. The van der Waals surface area contributed by atoms with E-state index < -0.39 is 5.97 Å². The lowest BCUT2D eigenvalue weighted by Crippen LogP contribution is -2.06. The van der Waals surface area contributed by atoms with Gasteiger partial charge in [0, 0.05) is 0 Å². The maximum absolute atomic E-state index is 10.7. The molecule has 5 heteroatoms. The smallest absolute Gasteiger partial charge is 0.335 e. The van der Waals surface area contributed by atoms with Crippen LogP contribution in [0.15, 0.2) is 18.2 Å². The van der Waals surface area contributed by atoms with Crippen molar-refractivity contribution < 1.29 is 24.1 Å². The van der Waals surface area contributed by atoms with E-state index in [0.29, 0.717) is 18.1 Å². The van der Waals surface area contributed by atoms with Gasteiger partial charge in [0.25, 0.3) is 0 Å². The number of carbonyl (C=O) groups is 1. The van der Waals surface area contributed by atoms with Gasteiger partial charge in [0.05, 0.1) is 19.3 Å². The molecule has 0 saturated carbocycles. The summed E-state index contributed by atoms with van der Waals surface area (Å²) in [6, 6.07) is 4.50. The topological polar surface area (TPSA) is 68.3 Å². The number of methoxy groups -OCH3 is 1. The Labute approximate surface area is 92.5 Å². The number of hydrogen-bond acceptors (Lipinski definition) is 4. The van der Waals surface area contributed by atoms with E-state index in [4.69, 9.17) is 19.3 Å². The van der Waals surface area contributed by atoms with Gasteiger partial charge in [0.1, 0.15) is 12.7 Å². The fraction of sp³-hybridized carbons (Fsp3) is 0.364. The van der Waals surface area contributed by atoms with Crippen molar-refractivity contribution in [2.75, 3.05) is 20.3 Å². The van der Waals surface area contributed by atoms with E-state index in [0.717, 1.165) is 6.61 Å². The maximum Gasteiger partial charge on any atom is 0.335 e. The van der Waals surface area contributed by atoms with Gasteiger partial charge in [-0.25, -0.2) is 4.79 Å². The van der Waals surface area contributed by atoms with E-state index in [9.17, 15) is 4.79 Å². The number of benzene rings is 1. The molecule has 1 aliphatic heterocycles. The first-order valence-corrected chi connectivity index (χ1v) is 4.86. The molecule has 16 heavy (non-hydrogen) atoms. The predicted molar refractivity (Wildman–Crippen MR) is 55.2 cm³/mol. The Balaban J connectivity index is 2.12. The van der Waals surface area contributed by atoms with Crippen LogP contribution in [0, 0.1) is 0 Å². The van der Waals surface area contributed by atoms with E-state index in [1.165, 1.54) is 19.2 Å². The summed E-state index contributed by atoms with van der Waals surface area (Å²) in [5.74, 6) is -0.0427. The average molecular weight is 224 g/mol. The minimum Gasteiger partial charge on any atom is -0.493 e. The molecule has 5 nitrogen and oxygen atoms in total. The van der Waals surface area contributed by atoms with Crippen molar-refractivity contribution in [2.24, 2.45) is 0 Å². The highest BCUT2D eigenvalue weighted by molar-refractivity contribution is 5.88. The number of carboxylic acids is 1. The summed E-state index contributed by atoms with van der Waals surface area (Å²) in [4.78, 5) is 10.7. The average Bonchev–Trinajstić information content (AvgIpc) is 3.09. The van der Waals surface area contributed by atoms with Gasteiger partial charge in [-0.15, -0.1) is 0 Å². The van der Waals surface area contributed by atoms with E-state index in [-0.39, 0.29) is 11.7 Å². The summed E-state index contributed by atoms with van der Waals surface area (Å²) >= 11 is 0. The largest absolute Gasteiger partial charge is 0.493 e. The first-order chi connectivity index (χ1) is 7.70. The SMILES string of the molecule is COc1cc(C(=O)O)ccc1OCC1CO1. The minimum atomic E-state index is -0.990. The molecule has 1 fully saturated rings. The summed E-state index contributed by atoms with van der Waals surface area (Å²) in [5, 5.41) is 8.81. The number of aromatic carboxylic acids is 1. The van der Waals surface area contributed by atoms with Crippen molar-refractivity contribution in [3.63, 3.8) is 0 Å². The molecule has 1 heterocycles. The second kappa shape index (κ2) is 4.40. The molecule has 0 aliphatic carbocycles. The van der Waals surface area contributed by atoms with Gasteiger partial charge in [-0.2, -0.15) is 0 Å². The highest BCUT2D eigenvalue weighted by atomic mass is 16.6.